The summed E-state index contributed by atoms with van der Waals surface area (Å²) < 4.78 is 10.6. The second-order valence-electron chi connectivity index (χ2n) is 5.51. The van der Waals surface area contributed by atoms with Crippen molar-refractivity contribution in [1.29, 1.82) is 5.26 Å². The first-order valence-corrected chi connectivity index (χ1v) is 6.88. The molecule has 4 nitrogen and oxygen atoms in total. The molecule has 1 saturated carbocycles. The highest BCUT2D eigenvalue weighted by Crippen LogP contribution is 2.54. The molecule has 3 rings (SSSR count). The summed E-state index contributed by atoms with van der Waals surface area (Å²) in [5.74, 6) is 0.601. The fourth-order valence-corrected chi connectivity index (χ4v) is 3.72. The summed E-state index contributed by atoms with van der Waals surface area (Å²) in [6, 6.07) is 5.86. The highest BCUT2D eigenvalue weighted by molar-refractivity contribution is 6.03. The van der Waals surface area contributed by atoms with Crippen molar-refractivity contribution in [3.8, 4) is 17.6 Å². The molecule has 0 bridgehead atoms. The molecular weight excluding hydrogens is 254 g/mol. The van der Waals surface area contributed by atoms with E-state index >= 15 is 0 Å². The summed E-state index contributed by atoms with van der Waals surface area (Å²) in [4.78, 5) is 12.7. The molecule has 2 aliphatic rings. The van der Waals surface area contributed by atoms with Gasteiger partial charge in [0.1, 0.15) is 5.92 Å². The minimum Gasteiger partial charge on any atom is -0.493 e. The smallest absolute Gasteiger partial charge is 0.164 e. The van der Waals surface area contributed by atoms with Crippen LogP contribution in [0.25, 0.3) is 0 Å². The van der Waals surface area contributed by atoms with Crippen molar-refractivity contribution in [2.75, 3.05) is 14.2 Å². The van der Waals surface area contributed by atoms with Gasteiger partial charge in [-0.3, -0.25) is 4.79 Å². The minimum absolute atomic E-state index is 0.0582. The van der Waals surface area contributed by atoms with Crippen molar-refractivity contribution >= 4 is 5.78 Å². The molecular formula is C16H17NO3. The molecule has 0 unspecified atom stereocenters. The van der Waals surface area contributed by atoms with Crippen molar-refractivity contribution in [3.05, 3.63) is 23.3 Å². The number of hydrogen-bond acceptors (Lipinski definition) is 4. The summed E-state index contributed by atoms with van der Waals surface area (Å²) in [7, 11) is 3.15. The van der Waals surface area contributed by atoms with E-state index in [1.54, 1.807) is 20.3 Å². The van der Waals surface area contributed by atoms with Crippen molar-refractivity contribution in [2.45, 2.75) is 37.0 Å². The molecule has 0 N–H and O–H groups in total. The quantitative estimate of drug-likeness (QED) is 0.829. The Morgan fingerprint density at radius 2 is 1.80 bits per heavy atom. The Balaban J connectivity index is 2.24. The minimum atomic E-state index is -0.664. The average molecular weight is 271 g/mol. The molecule has 1 aromatic carbocycles. The molecule has 0 aromatic heterocycles. The number of carbonyl (C=O) groups excluding carboxylic acids is 1. The number of rotatable bonds is 2. The Labute approximate surface area is 118 Å². The van der Waals surface area contributed by atoms with Crippen LogP contribution in [0.2, 0.25) is 0 Å². The number of nitriles is 1. The number of ketones is 1. The van der Waals surface area contributed by atoms with Crippen LogP contribution in [0.1, 0.15) is 42.7 Å². The zero-order valence-electron chi connectivity index (χ0n) is 11.7. The number of benzene rings is 1. The van der Waals surface area contributed by atoms with Crippen molar-refractivity contribution in [1.82, 2.24) is 0 Å². The van der Waals surface area contributed by atoms with Gasteiger partial charge >= 0.3 is 0 Å². The Bertz CT molecular complexity index is 609. The molecule has 0 radical (unpaired) electrons. The van der Waals surface area contributed by atoms with Crippen molar-refractivity contribution in [3.63, 3.8) is 0 Å². The Hall–Kier alpha value is -2.02. The molecule has 0 saturated heterocycles. The van der Waals surface area contributed by atoms with E-state index in [2.05, 4.69) is 6.07 Å². The summed E-state index contributed by atoms with van der Waals surface area (Å²) >= 11 is 0. The number of Topliss-reactive ketones (excluding diaryl/α,β-unsaturated/α-hetero) is 1. The van der Waals surface area contributed by atoms with Gasteiger partial charge in [-0.05, 0) is 36.1 Å². The summed E-state index contributed by atoms with van der Waals surface area (Å²) in [5.41, 5.74) is 1.32. The lowest BCUT2D eigenvalue weighted by Crippen LogP contribution is -2.29. The molecule has 20 heavy (non-hydrogen) atoms. The zero-order valence-corrected chi connectivity index (χ0v) is 11.7. The maximum absolute atomic E-state index is 12.7. The van der Waals surface area contributed by atoms with Gasteiger partial charge in [0.15, 0.2) is 17.3 Å². The van der Waals surface area contributed by atoms with E-state index in [1.807, 2.05) is 6.07 Å². The highest BCUT2D eigenvalue weighted by Gasteiger charge is 2.53. The van der Waals surface area contributed by atoms with Gasteiger partial charge in [0, 0.05) is 0 Å². The third-order valence-electron chi connectivity index (χ3n) is 4.70. The first-order chi connectivity index (χ1) is 9.67. The van der Waals surface area contributed by atoms with E-state index in [-0.39, 0.29) is 5.78 Å². The lowest BCUT2D eigenvalue weighted by Gasteiger charge is -2.23. The second-order valence-corrected chi connectivity index (χ2v) is 5.51. The number of nitrogens with zero attached hydrogens (tertiary/aromatic N) is 1. The van der Waals surface area contributed by atoms with Crippen LogP contribution in [0.5, 0.6) is 11.5 Å². The number of methoxy groups -OCH3 is 2. The predicted molar refractivity (Wildman–Crippen MR) is 73.1 cm³/mol. The van der Waals surface area contributed by atoms with E-state index in [4.69, 9.17) is 9.47 Å². The van der Waals surface area contributed by atoms with Gasteiger partial charge in [0.05, 0.1) is 25.7 Å². The zero-order chi connectivity index (χ0) is 14.3. The fourth-order valence-electron chi connectivity index (χ4n) is 3.72. The number of carbonyl (C=O) groups is 1. The second kappa shape index (κ2) is 4.52. The third-order valence-corrected chi connectivity index (χ3v) is 4.70. The molecule has 1 spiro atoms. The fraction of sp³-hybridized carbons (Fsp3) is 0.500. The van der Waals surface area contributed by atoms with Crippen LogP contribution >= 0.6 is 0 Å². The van der Waals surface area contributed by atoms with Crippen LogP contribution in [0.15, 0.2) is 12.1 Å². The standard InChI is InChI=1S/C16H17NO3/c1-19-13-7-10-11(9-17)15(18)16(5-3-4-6-16)12(10)8-14(13)20-2/h7-8,11H,3-6H2,1-2H3/t11-/m1/s1. The van der Waals surface area contributed by atoms with Gasteiger partial charge in [0.2, 0.25) is 0 Å². The largest absolute Gasteiger partial charge is 0.493 e. The van der Waals surface area contributed by atoms with Gasteiger partial charge < -0.3 is 9.47 Å². The van der Waals surface area contributed by atoms with Gasteiger partial charge in [0.25, 0.3) is 0 Å². The van der Waals surface area contributed by atoms with Crippen LogP contribution in [0.4, 0.5) is 0 Å². The molecule has 1 fully saturated rings. The van der Waals surface area contributed by atoms with Crippen LogP contribution in [-0.2, 0) is 10.2 Å². The van der Waals surface area contributed by atoms with E-state index in [0.717, 1.165) is 36.8 Å². The van der Waals surface area contributed by atoms with Crippen LogP contribution < -0.4 is 9.47 Å². The van der Waals surface area contributed by atoms with Crippen molar-refractivity contribution in [2.24, 2.45) is 0 Å². The SMILES string of the molecule is COc1cc2c(cc1OC)C1(CCCC1)C(=O)[C@@H]2C#N. The van der Waals surface area contributed by atoms with Crippen molar-refractivity contribution < 1.29 is 14.3 Å². The lowest BCUT2D eigenvalue weighted by molar-refractivity contribution is -0.123. The number of hydrogen-bond donors (Lipinski definition) is 0. The first kappa shape index (κ1) is 13.0. The summed E-state index contributed by atoms with van der Waals surface area (Å²) in [5, 5.41) is 9.37. The maximum atomic E-state index is 12.7. The molecule has 4 heteroatoms. The van der Waals surface area contributed by atoms with Crippen LogP contribution in [-0.4, -0.2) is 20.0 Å². The topological polar surface area (TPSA) is 59.3 Å². The first-order valence-electron chi connectivity index (χ1n) is 6.88. The van der Waals surface area contributed by atoms with E-state index in [0.29, 0.717) is 11.5 Å². The number of fused-ring (bicyclic) bond motifs is 2. The summed E-state index contributed by atoms with van der Waals surface area (Å²) in [6.45, 7) is 0. The monoisotopic (exact) mass is 271 g/mol. The highest BCUT2D eigenvalue weighted by atomic mass is 16.5. The van der Waals surface area contributed by atoms with E-state index < -0.39 is 11.3 Å². The average Bonchev–Trinajstić information content (AvgIpc) is 3.04. The van der Waals surface area contributed by atoms with Crippen LogP contribution in [0.3, 0.4) is 0 Å². The Kier molecular flexibility index (Phi) is 2.93. The van der Waals surface area contributed by atoms with Gasteiger partial charge in [-0.15, -0.1) is 0 Å². The lowest BCUT2D eigenvalue weighted by atomic mass is 9.79. The van der Waals surface area contributed by atoms with Gasteiger partial charge in [-0.25, -0.2) is 0 Å². The maximum Gasteiger partial charge on any atom is 0.164 e. The van der Waals surface area contributed by atoms with Gasteiger partial charge in [-0.1, -0.05) is 12.8 Å². The molecule has 2 aliphatic carbocycles. The molecule has 1 atom stereocenters. The van der Waals surface area contributed by atoms with E-state index in [1.165, 1.54) is 0 Å². The molecule has 0 heterocycles. The molecule has 0 aliphatic heterocycles. The summed E-state index contributed by atoms with van der Waals surface area (Å²) in [6.07, 6.45) is 3.76. The van der Waals surface area contributed by atoms with Gasteiger partial charge in [-0.2, -0.15) is 5.26 Å². The Morgan fingerprint density at radius 1 is 1.20 bits per heavy atom. The molecule has 1 aromatic rings. The van der Waals surface area contributed by atoms with E-state index in [9.17, 15) is 10.1 Å². The normalized spacial score (nSPS) is 22.6. The predicted octanol–water partition coefficient (Wildman–Crippen LogP) is 2.71. The number of ether oxygens (including phenoxy) is 2. The molecule has 0 amide bonds. The van der Waals surface area contributed by atoms with Crippen LogP contribution in [0, 0.1) is 11.3 Å². The molecule has 104 valence electrons. The third kappa shape index (κ3) is 1.49. The Morgan fingerprint density at radius 3 is 2.35 bits per heavy atom.